The van der Waals surface area contributed by atoms with Crippen LogP contribution in [0, 0.1) is 5.92 Å². The van der Waals surface area contributed by atoms with Crippen LogP contribution >= 0.6 is 11.3 Å². The highest BCUT2D eigenvalue weighted by Gasteiger charge is 2.25. The first-order chi connectivity index (χ1) is 6.81. The van der Waals surface area contributed by atoms with Gasteiger partial charge in [0, 0.05) is 5.92 Å². The molecule has 4 heteroatoms. The molecule has 0 saturated heterocycles. The third-order valence-corrected chi connectivity index (χ3v) is 3.60. The Morgan fingerprint density at radius 3 is 2.86 bits per heavy atom. The van der Waals surface area contributed by atoms with Crippen LogP contribution in [0.4, 0.5) is 0 Å². The van der Waals surface area contributed by atoms with Gasteiger partial charge in [-0.1, -0.05) is 24.2 Å². The SMILES string of the molecule is COc1ncc(C(=O)C2CCCC2)s1. The van der Waals surface area contributed by atoms with Gasteiger partial charge in [0.2, 0.25) is 0 Å². The van der Waals surface area contributed by atoms with E-state index < -0.39 is 0 Å². The second-order valence-electron chi connectivity index (χ2n) is 3.54. The predicted octanol–water partition coefficient (Wildman–Crippen LogP) is 2.52. The Balaban J connectivity index is 2.09. The average molecular weight is 211 g/mol. The van der Waals surface area contributed by atoms with Crippen molar-refractivity contribution >= 4 is 17.1 Å². The monoisotopic (exact) mass is 211 g/mol. The first-order valence-electron chi connectivity index (χ1n) is 4.85. The molecule has 14 heavy (non-hydrogen) atoms. The molecule has 0 N–H and O–H groups in total. The van der Waals surface area contributed by atoms with Gasteiger partial charge in [-0.25, -0.2) is 4.98 Å². The fourth-order valence-electron chi connectivity index (χ4n) is 1.86. The van der Waals surface area contributed by atoms with Crippen molar-refractivity contribution in [3.63, 3.8) is 0 Å². The van der Waals surface area contributed by atoms with Crippen LogP contribution in [-0.2, 0) is 0 Å². The number of methoxy groups -OCH3 is 1. The molecule has 0 aliphatic heterocycles. The van der Waals surface area contributed by atoms with Crippen LogP contribution < -0.4 is 4.74 Å². The molecule has 0 amide bonds. The van der Waals surface area contributed by atoms with Gasteiger partial charge in [-0.2, -0.15) is 0 Å². The molecule has 0 unspecified atom stereocenters. The first-order valence-corrected chi connectivity index (χ1v) is 5.67. The van der Waals surface area contributed by atoms with E-state index in [0.29, 0.717) is 5.19 Å². The van der Waals surface area contributed by atoms with E-state index in [1.165, 1.54) is 24.2 Å². The molecule has 2 rings (SSSR count). The summed E-state index contributed by atoms with van der Waals surface area (Å²) in [6, 6.07) is 0. The van der Waals surface area contributed by atoms with Gasteiger partial charge in [-0.05, 0) is 12.8 Å². The van der Waals surface area contributed by atoms with E-state index in [0.717, 1.165) is 17.7 Å². The molecule has 1 fully saturated rings. The number of nitrogens with zero attached hydrogens (tertiary/aromatic N) is 1. The normalized spacial score (nSPS) is 17.2. The summed E-state index contributed by atoms with van der Waals surface area (Å²) in [6.07, 6.45) is 6.08. The molecular weight excluding hydrogens is 198 g/mol. The Morgan fingerprint density at radius 1 is 1.57 bits per heavy atom. The van der Waals surface area contributed by atoms with Gasteiger partial charge in [0.05, 0.1) is 18.2 Å². The molecule has 0 spiro atoms. The third-order valence-electron chi connectivity index (χ3n) is 2.63. The summed E-state index contributed by atoms with van der Waals surface area (Å²) in [5.74, 6) is 0.489. The third kappa shape index (κ3) is 1.80. The van der Waals surface area contributed by atoms with E-state index in [9.17, 15) is 4.79 Å². The minimum absolute atomic E-state index is 0.236. The first kappa shape index (κ1) is 9.65. The minimum atomic E-state index is 0.236. The van der Waals surface area contributed by atoms with Gasteiger partial charge in [-0.15, -0.1) is 0 Å². The van der Waals surface area contributed by atoms with Crippen LogP contribution in [0.2, 0.25) is 0 Å². The van der Waals surface area contributed by atoms with E-state index in [2.05, 4.69) is 4.98 Å². The topological polar surface area (TPSA) is 39.2 Å². The Bertz CT molecular complexity index is 329. The lowest BCUT2D eigenvalue weighted by atomic mass is 10.0. The summed E-state index contributed by atoms with van der Waals surface area (Å²) < 4.78 is 4.96. The number of rotatable bonds is 3. The summed E-state index contributed by atoms with van der Waals surface area (Å²) in [4.78, 5) is 16.6. The number of hydrogen-bond acceptors (Lipinski definition) is 4. The molecule has 1 aromatic heterocycles. The van der Waals surface area contributed by atoms with E-state index in [1.54, 1.807) is 13.3 Å². The molecule has 0 bridgehead atoms. The maximum absolute atomic E-state index is 11.9. The Morgan fingerprint density at radius 2 is 2.29 bits per heavy atom. The number of carbonyl (C=O) groups is 1. The zero-order valence-corrected chi connectivity index (χ0v) is 8.97. The van der Waals surface area contributed by atoms with Gasteiger partial charge >= 0.3 is 0 Å². The highest BCUT2D eigenvalue weighted by Crippen LogP contribution is 2.31. The Hall–Kier alpha value is -0.900. The van der Waals surface area contributed by atoms with Crippen molar-refractivity contribution in [2.24, 2.45) is 5.92 Å². The van der Waals surface area contributed by atoms with Gasteiger partial charge in [0.1, 0.15) is 0 Å². The summed E-state index contributed by atoms with van der Waals surface area (Å²) >= 11 is 1.34. The van der Waals surface area contributed by atoms with Crippen LogP contribution in [0.25, 0.3) is 0 Å². The van der Waals surface area contributed by atoms with Crippen molar-refractivity contribution in [3.8, 4) is 5.19 Å². The number of hydrogen-bond donors (Lipinski definition) is 0. The van der Waals surface area contributed by atoms with Crippen LogP contribution in [0.5, 0.6) is 5.19 Å². The van der Waals surface area contributed by atoms with Crippen LogP contribution in [0.15, 0.2) is 6.20 Å². The summed E-state index contributed by atoms with van der Waals surface area (Å²) in [5.41, 5.74) is 0. The predicted molar refractivity (Wildman–Crippen MR) is 55.0 cm³/mol. The van der Waals surface area contributed by atoms with Crippen molar-refractivity contribution in [2.75, 3.05) is 7.11 Å². The lowest BCUT2D eigenvalue weighted by molar-refractivity contribution is 0.0927. The average Bonchev–Trinajstić information content (AvgIpc) is 2.88. The van der Waals surface area contributed by atoms with Crippen LogP contribution in [0.3, 0.4) is 0 Å². The lowest BCUT2D eigenvalue weighted by Crippen LogP contribution is -2.08. The maximum atomic E-state index is 11.9. The summed E-state index contributed by atoms with van der Waals surface area (Å²) in [6.45, 7) is 0. The molecular formula is C10H13NO2S. The fraction of sp³-hybridized carbons (Fsp3) is 0.600. The highest BCUT2D eigenvalue weighted by atomic mass is 32.1. The molecule has 3 nitrogen and oxygen atoms in total. The second-order valence-corrected chi connectivity index (χ2v) is 4.53. The fourth-order valence-corrected chi connectivity index (χ4v) is 2.61. The van der Waals surface area contributed by atoms with Gasteiger partial charge in [-0.3, -0.25) is 4.79 Å². The van der Waals surface area contributed by atoms with Crippen molar-refractivity contribution in [1.29, 1.82) is 0 Å². The van der Waals surface area contributed by atoms with Gasteiger partial charge in [0.25, 0.3) is 5.19 Å². The summed E-state index contributed by atoms with van der Waals surface area (Å²) in [5, 5.41) is 0.575. The van der Waals surface area contributed by atoms with Crippen molar-refractivity contribution in [3.05, 3.63) is 11.1 Å². The molecule has 1 saturated carbocycles. The van der Waals surface area contributed by atoms with Gasteiger partial charge in [0.15, 0.2) is 5.78 Å². The quantitative estimate of drug-likeness (QED) is 0.721. The van der Waals surface area contributed by atoms with Crippen LogP contribution in [-0.4, -0.2) is 17.9 Å². The maximum Gasteiger partial charge on any atom is 0.273 e. The highest BCUT2D eigenvalue weighted by molar-refractivity contribution is 7.15. The van der Waals surface area contributed by atoms with Crippen LogP contribution in [0.1, 0.15) is 35.4 Å². The van der Waals surface area contributed by atoms with Crippen molar-refractivity contribution < 1.29 is 9.53 Å². The molecule has 0 atom stereocenters. The molecule has 76 valence electrons. The standard InChI is InChI=1S/C10H13NO2S/c1-13-10-11-6-8(14-10)9(12)7-4-2-3-5-7/h6-7H,2-5H2,1H3. The van der Waals surface area contributed by atoms with E-state index >= 15 is 0 Å². The van der Waals surface area contributed by atoms with E-state index in [-0.39, 0.29) is 11.7 Å². The Kier molecular flexibility index (Phi) is 2.82. The summed E-state index contributed by atoms with van der Waals surface area (Å²) in [7, 11) is 1.57. The largest absolute Gasteiger partial charge is 0.473 e. The number of ketones is 1. The number of carbonyl (C=O) groups excluding carboxylic acids is 1. The van der Waals surface area contributed by atoms with E-state index in [4.69, 9.17) is 4.74 Å². The second kappa shape index (κ2) is 4.09. The molecule has 0 radical (unpaired) electrons. The number of Topliss-reactive ketones (excluding diaryl/α,β-unsaturated/α-hetero) is 1. The molecule has 1 aromatic rings. The number of aromatic nitrogens is 1. The minimum Gasteiger partial charge on any atom is -0.473 e. The molecule has 0 aromatic carbocycles. The van der Waals surface area contributed by atoms with Crippen molar-refractivity contribution in [1.82, 2.24) is 4.98 Å². The molecule has 1 aliphatic carbocycles. The number of ether oxygens (including phenoxy) is 1. The smallest absolute Gasteiger partial charge is 0.273 e. The van der Waals surface area contributed by atoms with Crippen molar-refractivity contribution in [2.45, 2.75) is 25.7 Å². The molecule has 1 heterocycles. The van der Waals surface area contributed by atoms with Gasteiger partial charge < -0.3 is 4.74 Å². The van der Waals surface area contributed by atoms with E-state index in [1.807, 2.05) is 0 Å². The Labute approximate surface area is 87.1 Å². The zero-order valence-electron chi connectivity index (χ0n) is 8.16. The lowest BCUT2D eigenvalue weighted by Gasteiger charge is -2.03. The number of thiazole rings is 1. The zero-order chi connectivity index (χ0) is 9.97. The molecule has 1 aliphatic rings.